The van der Waals surface area contributed by atoms with Crippen molar-refractivity contribution in [2.24, 2.45) is 0 Å². The minimum absolute atomic E-state index is 0.130. The predicted octanol–water partition coefficient (Wildman–Crippen LogP) is 2.12. The molecule has 0 atom stereocenters. The minimum Gasteiger partial charge on any atom is -0.293 e. The zero-order valence-corrected chi connectivity index (χ0v) is 15.3. The first-order valence-electron chi connectivity index (χ1n) is 7.71. The van der Waals surface area contributed by atoms with Gasteiger partial charge in [0, 0.05) is 18.1 Å². The number of nitrogens with one attached hydrogen (secondary N) is 1. The summed E-state index contributed by atoms with van der Waals surface area (Å²) in [5, 5.41) is 11.9. The average Bonchev–Trinajstić information content (AvgIpc) is 2.88. The topological polar surface area (TPSA) is 109 Å². The zero-order valence-electron chi connectivity index (χ0n) is 14.4. The molecule has 26 heavy (non-hydrogen) atoms. The van der Waals surface area contributed by atoms with Gasteiger partial charge in [-0.25, -0.2) is 18.1 Å². The summed E-state index contributed by atoms with van der Waals surface area (Å²) in [7, 11) is -3.38. The molecule has 0 unspecified atom stereocenters. The van der Waals surface area contributed by atoms with Crippen LogP contribution in [0.15, 0.2) is 46.2 Å². The third-order valence-electron chi connectivity index (χ3n) is 4.05. The Morgan fingerprint density at radius 2 is 1.85 bits per heavy atom. The number of rotatable bonds is 3. The number of aryl methyl sites for hydroxylation is 2. The number of hydrogen-bond acceptors (Lipinski definition) is 5. The number of aromatic nitrogens is 3. The molecular formula is C18H16N4O3S. The molecule has 0 aliphatic rings. The van der Waals surface area contributed by atoms with Gasteiger partial charge < -0.3 is 0 Å². The van der Waals surface area contributed by atoms with Crippen LogP contribution in [0.2, 0.25) is 0 Å². The molecule has 3 rings (SSSR count). The Balaban J connectivity index is 2.13. The van der Waals surface area contributed by atoms with E-state index in [0.717, 1.165) is 6.26 Å². The largest absolute Gasteiger partial charge is 0.293 e. The summed E-state index contributed by atoms with van der Waals surface area (Å²) in [4.78, 5) is 17.1. The van der Waals surface area contributed by atoms with Gasteiger partial charge in [-0.3, -0.25) is 9.89 Å². The van der Waals surface area contributed by atoms with Crippen LogP contribution in [0.25, 0.3) is 16.9 Å². The van der Waals surface area contributed by atoms with Crippen molar-refractivity contribution in [3.8, 4) is 23.0 Å². The summed E-state index contributed by atoms with van der Waals surface area (Å²) >= 11 is 0. The maximum atomic E-state index is 12.8. The van der Waals surface area contributed by atoms with E-state index in [1.807, 2.05) is 6.07 Å². The highest BCUT2D eigenvalue weighted by Crippen LogP contribution is 2.21. The molecule has 2 aromatic heterocycles. The van der Waals surface area contributed by atoms with Gasteiger partial charge in [0.25, 0.3) is 5.56 Å². The summed E-state index contributed by atoms with van der Waals surface area (Å²) < 4.78 is 24.7. The second-order valence-electron chi connectivity index (χ2n) is 6.02. The van der Waals surface area contributed by atoms with Crippen LogP contribution in [-0.2, 0) is 9.84 Å². The van der Waals surface area contributed by atoms with E-state index in [1.165, 1.54) is 10.9 Å². The summed E-state index contributed by atoms with van der Waals surface area (Å²) in [5.74, 6) is 0.308. The number of nitrogens with zero attached hydrogens (tertiary/aromatic N) is 3. The fraction of sp³-hybridized carbons (Fsp3) is 0.167. The standard InChI is InChI=1S/C18H16N4O3S/c1-11-8-16(20-10-15(11)26(3,24)25)22-18(23)17(12(2)21-22)14-6-4-13(9-19)5-7-14/h4-8,10,21H,1-3H3. The number of hydrogen-bond donors (Lipinski definition) is 1. The van der Waals surface area contributed by atoms with Gasteiger partial charge in [0.1, 0.15) is 0 Å². The van der Waals surface area contributed by atoms with Gasteiger partial charge in [0.2, 0.25) is 0 Å². The van der Waals surface area contributed by atoms with Crippen LogP contribution in [0.4, 0.5) is 0 Å². The number of pyridine rings is 1. The molecule has 0 aliphatic carbocycles. The molecule has 3 aromatic rings. The van der Waals surface area contributed by atoms with Gasteiger partial charge in [-0.15, -0.1) is 0 Å². The Kier molecular flexibility index (Phi) is 4.26. The van der Waals surface area contributed by atoms with Crippen LogP contribution >= 0.6 is 0 Å². The Labute approximate surface area is 150 Å². The number of aromatic amines is 1. The first-order chi connectivity index (χ1) is 12.2. The monoisotopic (exact) mass is 368 g/mol. The average molecular weight is 368 g/mol. The highest BCUT2D eigenvalue weighted by atomic mass is 32.2. The summed E-state index contributed by atoms with van der Waals surface area (Å²) in [5.41, 5.74) is 2.53. The van der Waals surface area contributed by atoms with E-state index in [1.54, 1.807) is 44.2 Å². The van der Waals surface area contributed by atoms with Crippen LogP contribution < -0.4 is 5.56 Å². The molecule has 0 bridgehead atoms. The van der Waals surface area contributed by atoms with Gasteiger partial charge >= 0.3 is 0 Å². The smallest absolute Gasteiger partial charge is 0.280 e. The van der Waals surface area contributed by atoms with Crippen LogP contribution in [0, 0.1) is 25.2 Å². The summed E-state index contributed by atoms with van der Waals surface area (Å²) in [6.45, 7) is 3.42. The van der Waals surface area contributed by atoms with Gasteiger partial charge in [-0.1, -0.05) is 12.1 Å². The van der Waals surface area contributed by atoms with Crippen molar-refractivity contribution in [2.45, 2.75) is 18.7 Å². The molecule has 7 nitrogen and oxygen atoms in total. The van der Waals surface area contributed by atoms with E-state index in [4.69, 9.17) is 5.26 Å². The van der Waals surface area contributed by atoms with Gasteiger partial charge in [0.15, 0.2) is 15.7 Å². The summed E-state index contributed by atoms with van der Waals surface area (Å²) in [6, 6.07) is 10.3. The third-order valence-corrected chi connectivity index (χ3v) is 5.28. The lowest BCUT2D eigenvalue weighted by atomic mass is 10.1. The van der Waals surface area contributed by atoms with E-state index in [2.05, 4.69) is 10.1 Å². The fourth-order valence-corrected chi connectivity index (χ4v) is 3.69. The molecule has 132 valence electrons. The van der Waals surface area contributed by atoms with E-state index >= 15 is 0 Å². The maximum absolute atomic E-state index is 12.8. The highest BCUT2D eigenvalue weighted by Gasteiger charge is 2.17. The Bertz CT molecular complexity index is 1200. The lowest BCUT2D eigenvalue weighted by Crippen LogP contribution is -2.17. The minimum atomic E-state index is -3.38. The van der Waals surface area contributed by atoms with E-state index in [0.29, 0.717) is 33.8 Å². The van der Waals surface area contributed by atoms with Crippen LogP contribution in [0.1, 0.15) is 16.8 Å². The van der Waals surface area contributed by atoms with Gasteiger partial charge in [-0.2, -0.15) is 5.26 Å². The molecule has 0 saturated heterocycles. The van der Waals surface area contributed by atoms with Crippen molar-refractivity contribution in [2.75, 3.05) is 6.26 Å². The molecule has 0 aliphatic heterocycles. The van der Waals surface area contributed by atoms with Crippen LogP contribution in [0.5, 0.6) is 0 Å². The molecule has 1 aromatic carbocycles. The molecule has 8 heteroatoms. The van der Waals surface area contributed by atoms with Crippen molar-refractivity contribution in [1.82, 2.24) is 14.8 Å². The van der Waals surface area contributed by atoms with Crippen molar-refractivity contribution in [3.05, 3.63) is 63.7 Å². The Morgan fingerprint density at radius 3 is 2.38 bits per heavy atom. The van der Waals surface area contributed by atoms with Crippen molar-refractivity contribution < 1.29 is 8.42 Å². The number of H-pyrrole nitrogens is 1. The molecule has 2 heterocycles. The molecule has 1 N–H and O–H groups in total. The lowest BCUT2D eigenvalue weighted by Gasteiger charge is -2.06. The Hall–Kier alpha value is -3.18. The first-order valence-corrected chi connectivity index (χ1v) is 9.60. The van der Waals surface area contributed by atoms with E-state index in [9.17, 15) is 13.2 Å². The quantitative estimate of drug-likeness (QED) is 0.762. The fourth-order valence-electron chi connectivity index (χ4n) is 2.80. The first kappa shape index (κ1) is 17.6. The highest BCUT2D eigenvalue weighted by molar-refractivity contribution is 7.90. The second-order valence-corrected chi connectivity index (χ2v) is 8.01. The third kappa shape index (κ3) is 3.05. The van der Waals surface area contributed by atoms with Crippen molar-refractivity contribution >= 4 is 9.84 Å². The SMILES string of the molecule is Cc1cc(-n2[nH]c(C)c(-c3ccc(C#N)cc3)c2=O)ncc1S(C)(=O)=O. The Morgan fingerprint density at radius 1 is 1.19 bits per heavy atom. The molecule has 0 spiro atoms. The molecule has 0 fully saturated rings. The number of benzene rings is 1. The number of sulfone groups is 1. The van der Waals surface area contributed by atoms with Crippen molar-refractivity contribution in [1.29, 1.82) is 5.26 Å². The molecular weight excluding hydrogens is 352 g/mol. The molecule has 0 amide bonds. The lowest BCUT2D eigenvalue weighted by molar-refractivity contribution is 0.600. The zero-order chi connectivity index (χ0) is 19.1. The van der Waals surface area contributed by atoms with Crippen LogP contribution in [-0.4, -0.2) is 29.4 Å². The number of nitriles is 1. The van der Waals surface area contributed by atoms with E-state index < -0.39 is 9.84 Å². The second kappa shape index (κ2) is 6.28. The normalized spacial score (nSPS) is 11.3. The predicted molar refractivity (Wildman–Crippen MR) is 96.9 cm³/mol. The van der Waals surface area contributed by atoms with Crippen LogP contribution in [0.3, 0.4) is 0 Å². The van der Waals surface area contributed by atoms with E-state index in [-0.39, 0.29) is 10.5 Å². The summed E-state index contributed by atoms with van der Waals surface area (Å²) in [6.07, 6.45) is 2.37. The molecule has 0 radical (unpaired) electrons. The molecule has 0 saturated carbocycles. The maximum Gasteiger partial charge on any atom is 0.280 e. The van der Waals surface area contributed by atoms with Crippen molar-refractivity contribution in [3.63, 3.8) is 0 Å². The van der Waals surface area contributed by atoms with Gasteiger partial charge in [0.05, 0.1) is 22.1 Å². The van der Waals surface area contributed by atoms with Gasteiger partial charge in [-0.05, 0) is 43.2 Å².